The minimum Gasteiger partial charge on any atom is -0.384 e. The van der Waals surface area contributed by atoms with Crippen molar-refractivity contribution in [3.05, 3.63) is 65.5 Å². The van der Waals surface area contributed by atoms with E-state index >= 15 is 0 Å². The third kappa shape index (κ3) is 3.35. The molecule has 104 valence electrons. The normalized spacial score (nSPS) is 10.3. The van der Waals surface area contributed by atoms with Crippen LogP contribution in [0.25, 0.3) is 0 Å². The summed E-state index contributed by atoms with van der Waals surface area (Å²) in [5.41, 5.74) is 7.49. The van der Waals surface area contributed by atoms with Gasteiger partial charge in [-0.15, -0.1) is 0 Å². The molecule has 0 spiro atoms. The number of nitrogens with two attached hydrogens (primary N) is 1. The van der Waals surface area contributed by atoms with E-state index in [4.69, 9.17) is 11.1 Å². The predicted octanol–water partition coefficient (Wildman–Crippen LogP) is 2.79. The minimum atomic E-state index is -0.353. The second-order valence-corrected chi connectivity index (χ2v) is 4.74. The average Bonchev–Trinajstić information content (AvgIpc) is 2.45. The van der Waals surface area contributed by atoms with E-state index in [0.29, 0.717) is 11.3 Å². The highest BCUT2D eigenvalue weighted by Crippen LogP contribution is 2.19. The predicted molar refractivity (Wildman–Crippen MR) is 80.8 cm³/mol. The van der Waals surface area contributed by atoms with Crippen LogP contribution in [0.1, 0.15) is 11.1 Å². The quantitative estimate of drug-likeness (QED) is 0.649. The zero-order chi connectivity index (χ0) is 14.5. The fourth-order valence-electron chi connectivity index (χ4n) is 2.05. The van der Waals surface area contributed by atoms with E-state index in [9.17, 15) is 4.39 Å². The summed E-state index contributed by atoms with van der Waals surface area (Å²) < 4.78 is 14.0. The van der Waals surface area contributed by atoms with Crippen molar-refractivity contribution in [2.45, 2.75) is 6.42 Å². The first-order valence-corrected chi connectivity index (χ1v) is 6.47. The van der Waals surface area contributed by atoms with Crippen LogP contribution < -0.4 is 10.6 Å². The van der Waals surface area contributed by atoms with Gasteiger partial charge in [-0.25, -0.2) is 4.39 Å². The van der Waals surface area contributed by atoms with Crippen molar-refractivity contribution in [2.24, 2.45) is 5.73 Å². The molecule has 0 bridgehead atoms. The molecular weight excluding hydrogens is 253 g/mol. The van der Waals surface area contributed by atoms with E-state index in [2.05, 4.69) is 12.1 Å². The number of hydrogen-bond donors (Lipinski definition) is 2. The highest BCUT2D eigenvalue weighted by Gasteiger charge is 2.09. The number of amidine groups is 1. The number of likely N-dealkylation sites (N-methyl/N-ethyl adjacent to an activating group) is 1. The van der Waals surface area contributed by atoms with Gasteiger partial charge in [-0.05, 0) is 30.2 Å². The number of rotatable bonds is 5. The van der Waals surface area contributed by atoms with Crippen molar-refractivity contribution in [1.82, 2.24) is 0 Å². The second-order valence-electron chi connectivity index (χ2n) is 4.74. The molecule has 0 aliphatic carbocycles. The van der Waals surface area contributed by atoms with E-state index < -0.39 is 0 Å². The lowest BCUT2D eigenvalue weighted by atomic mass is 10.1. The Hall–Kier alpha value is -2.36. The van der Waals surface area contributed by atoms with Gasteiger partial charge in [-0.2, -0.15) is 0 Å². The fraction of sp³-hybridized carbons (Fsp3) is 0.188. The van der Waals surface area contributed by atoms with Crippen molar-refractivity contribution < 1.29 is 4.39 Å². The van der Waals surface area contributed by atoms with Gasteiger partial charge in [0, 0.05) is 19.2 Å². The lowest BCUT2D eigenvalue weighted by Gasteiger charge is -2.20. The van der Waals surface area contributed by atoms with Crippen LogP contribution in [0.3, 0.4) is 0 Å². The third-order valence-corrected chi connectivity index (χ3v) is 3.25. The maximum absolute atomic E-state index is 14.0. The van der Waals surface area contributed by atoms with Gasteiger partial charge >= 0.3 is 0 Å². The molecule has 0 atom stereocenters. The standard InChI is InChI=1S/C16H18FN3/c1-20(10-9-12-5-3-2-4-6-12)15-8-7-13(16(18)19)11-14(15)17/h2-8,11H,9-10H2,1H3,(H3,18,19). The van der Waals surface area contributed by atoms with Crippen molar-refractivity contribution in [2.75, 3.05) is 18.5 Å². The molecule has 0 heterocycles. The van der Waals surface area contributed by atoms with Crippen LogP contribution in [-0.4, -0.2) is 19.4 Å². The van der Waals surface area contributed by atoms with Gasteiger partial charge in [0.1, 0.15) is 11.7 Å². The summed E-state index contributed by atoms with van der Waals surface area (Å²) in [6.07, 6.45) is 0.852. The van der Waals surface area contributed by atoms with Crippen molar-refractivity contribution in [1.29, 1.82) is 5.41 Å². The van der Waals surface area contributed by atoms with E-state index in [1.54, 1.807) is 12.1 Å². The molecule has 0 aromatic heterocycles. The van der Waals surface area contributed by atoms with Crippen LogP contribution in [0.15, 0.2) is 48.5 Å². The van der Waals surface area contributed by atoms with Crippen molar-refractivity contribution in [3.8, 4) is 0 Å². The summed E-state index contributed by atoms with van der Waals surface area (Å²) in [7, 11) is 1.86. The molecule has 20 heavy (non-hydrogen) atoms. The van der Waals surface area contributed by atoms with Crippen LogP contribution >= 0.6 is 0 Å². The summed E-state index contributed by atoms with van der Waals surface area (Å²) in [6, 6.07) is 14.7. The smallest absolute Gasteiger partial charge is 0.147 e. The Kier molecular flexibility index (Phi) is 4.35. The van der Waals surface area contributed by atoms with Crippen LogP contribution in [0.5, 0.6) is 0 Å². The first-order valence-electron chi connectivity index (χ1n) is 6.47. The number of hydrogen-bond acceptors (Lipinski definition) is 2. The topological polar surface area (TPSA) is 53.1 Å². The molecule has 4 heteroatoms. The van der Waals surface area contributed by atoms with Gasteiger partial charge in [-0.1, -0.05) is 30.3 Å². The zero-order valence-corrected chi connectivity index (χ0v) is 11.4. The molecule has 0 saturated heterocycles. The molecule has 2 aromatic carbocycles. The maximum Gasteiger partial charge on any atom is 0.147 e. The van der Waals surface area contributed by atoms with Gasteiger partial charge in [0.25, 0.3) is 0 Å². The number of nitrogens with zero attached hydrogens (tertiary/aromatic N) is 1. The zero-order valence-electron chi connectivity index (χ0n) is 11.4. The molecule has 2 aromatic rings. The molecule has 2 rings (SSSR count). The lowest BCUT2D eigenvalue weighted by molar-refractivity contribution is 0.622. The van der Waals surface area contributed by atoms with Crippen LogP contribution in [-0.2, 0) is 6.42 Å². The summed E-state index contributed by atoms with van der Waals surface area (Å²) in [4.78, 5) is 1.87. The molecule has 0 saturated carbocycles. The molecule has 3 nitrogen and oxygen atoms in total. The first-order chi connectivity index (χ1) is 9.58. The highest BCUT2D eigenvalue weighted by molar-refractivity contribution is 5.95. The van der Waals surface area contributed by atoms with Crippen molar-refractivity contribution in [3.63, 3.8) is 0 Å². The molecule has 0 fully saturated rings. The van der Waals surface area contributed by atoms with E-state index in [0.717, 1.165) is 13.0 Å². The number of benzene rings is 2. The highest BCUT2D eigenvalue weighted by atomic mass is 19.1. The second kappa shape index (κ2) is 6.19. The summed E-state index contributed by atoms with van der Waals surface area (Å²) in [6.45, 7) is 0.723. The van der Waals surface area contributed by atoms with Crippen LogP contribution in [0.2, 0.25) is 0 Å². The van der Waals surface area contributed by atoms with Crippen LogP contribution in [0.4, 0.5) is 10.1 Å². The van der Waals surface area contributed by atoms with Crippen molar-refractivity contribution >= 4 is 11.5 Å². The number of halogens is 1. The largest absolute Gasteiger partial charge is 0.384 e. The molecule has 0 unspecified atom stereocenters. The van der Waals surface area contributed by atoms with Gasteiger partial charge in [0.15, 0.2) is 0 Å². The number of anilines is 1. The lowest BCUT2D eigenvalue weighted by Crippen LogP contribution is -2.22. The van der Waals surface area contributed by atoms with Gasteiger partial charge in [0.05, 0.1) is 5.69 Å². The molecule has 0 amide bonds. The fourth-order valence-corrected chi connectivity index (χ4v) is 2.05. The van der Waals surface area contributed by atoms with Crippen LogP contribution in [0, 0.1) is 11.2 Å². The Balaban J connectivity index is 2.06. The van der Waals surface area contributed by atoms with E-state index in [1.807, 2.05) is 30.1 Å². The minimum absolute atomic E-state index is 0.123. The molecule has 0 aliphatic rings. The number of nitrogen functional groups attached to an aromatic ring is 1. The van der Waals surface area contributed by atoms with E-state index in [-0.39, 0.29) is 11.7 Å². The Labute approximate surface area is 118 Å². The van der Waals surface area contributed by atoms with Gasteiger partial charge < -0.3 is 10.6 Å². The number of nitrogens with one attached hydrogen (secondary N) is 1. The molecule has 0 radical (unpaired) electrons. The third-order valence-electron chi connectivity index (χ3n) is 3.25. The molecular formula is C16H18FN3. The Morgan fingerprint density at radius 3 is 2.50 bits per heavy atom. The summed E-state index contributed by atoms with van der Waals surface area (Å²) in [5, 5.41) is 7.30. The first kappa shape index (κ1) is 14.1. The Morgan fingerprint density at radius 1 is 1.20 bits per heavy atom. The Bertz CT molecular complexity index is 596. The maximum atomic E-state index is 14.0. The monoisotopic (exact) mass is 271 g/mol. The summed E-state index contributed by atoms with van der Waals surface area (Å²) in [5.74, 6) is -0.476. The van der Waals surface area contributed by atoms with Gasteiger partial charge in [-0.3, -0.25) is 5.41 Å². The summed E-state index contributed by atoms with van der Waals surface area (Å²) >= 11 is 0. The Morgan fingerprint density at radius 2 is 1.90 bits per heavy atom. The molecule has 0 aliphatic heterocycles. The average molecular weight is 271 g/mol. The molecule has 3 N–H and O–H groups in total. The van der Waals surface area contributed by atoms with E-state index in [1.165, 1.54) is 11.6 Å². The SMILES string of the molecule is CN(CCc1ccccc1)c1ccc(C(=N)N)cc1F. The van der Waals surface area contributed by atoms with Gasteiger partial charge in [0.2, 0.25) is 0 Å².